The molecule has 0 saturated heterocycles. The summed E-state index contributed by atoms with van der Waals surface area (Å²) in [4.78, 5) is 16.1. The van der Waals surface area contributed by atoms with Crippen LogP contribution in [0.1, 0.15) is 23.5 Å². The van der Waals surface area contributed by atoms with Crippen LogP contribution < -0.4 is 10.5 Å². The fourth-order valence-corrected chi connectivity index (χ4v) is 3.50. The fraction of sp³-hybridized carbons (Fsp3) is 0.389. The lowest BCUT2D eigenvalue weighted by atomic mass is 9.93. The number of rotatable bonds is 6. The number of hydrogen-bond donors (Lipinski definition) is 1. The highest BCUT2D eigenvalue weighted by atomic mass is 35.5. The topological polar surface area (TPSA) is 55.6 Å². The summed E-state index contributed by atoms with van der Waals surface area (Å²) in [7, 11) is 3.40. The summed E-state index contributed by atoms with van der Waals surface area (Å²) >= 11 is 1.46. The highest BCUT2D eigenvalue weighted by molar-refractivity contribution is 7.17. The number of methoxy groups -OCH3 is 1. The van der Waals surface area contributed by atoms with Crippen LogP contribution in [0.25, 0.3) is 10.4 Å². The van der Waals surface area contributed by atoms with E-state index in [0.717, 1.165) is 10.4 Å². The van der Waals surface area contributed by atoms with E-state index in [0.29, 0.717) is 23.7 Å². The van der Waals surface area contributed by atoms with Crippen LogP contribution in [0.15, 0.2) is 36.4 Å². The number of carbonyl (C=O) groups excluding carboxylic acids is 1. The molecule has 1 amide bonds. The largest absolute Gasteiger partial charge is 0.495 e. The van der Waals surface area contributed by atoms with Gasteiger partial charge in [-0.25, -0.2) is 0 Å². The van der Waals surface area contributed by atoms with E-state index in [1.165, 1.54) is 11.3 Å². The third-order valence-corrected chi connectivity index (χ3v) is 4.89. The van der Waals surface area contributed by atoms with Crippen molar-refractivity contribution in [1.29, 1.82) is 0 Å². The van der Waals surface area contributed by atoms with Crippen molar-refractivity contribution in [2.24, 2.45) is 11.1 Å². The first-order chi connectivity index (χ1) is 10.9. The molecule has 2 N–H and O–H groups in total. The van der Waals surface area contributed by atoms with Crippen molar-refractivity contribution >= 4 is 29.7 Å². The molecule has 132 valence electrons. The van der Waals surface area contributed by atoms with Crippen LogP contribution in [-0.4, -0.2) is 38.1 Å². The van der Waals surface area contributed by atoms with E-state index in [9.17, 15) is 4.79 Å². The van der Waals surface area contributed by atoms with Crippen LogP contribution in [-0.2, 0) is 0 Å². The minimum absolute atomic E-state index is 0. The summed E-state index contributed by atoms with van der Waals surface area (Å²) in [6, 6.07) is 11.9. The number of nitrogens with two attached hydrogens (primary N) is 1. The maximum atomic E-state index is 12.8. The first kappa shape index (κ1) is 20.5. The van der Waals surface area contributed by atoms with Crippen LogP contribution in [0.3, 0.4) is 0 Å². The van der Waals surface area contributed by atoms with Crippen molar-refractivity contribution in [2.45, 2.75) is 13.8 Å². The van der Waals surface area contributed by atoms with Crippen LogP contribution in [0.4, 0.5) is 0 Å². The molecule has 0 atom stereocenters. The van der Waals surface area contributed by atoms with Crippen molar-refractivity contribution < 1.29 is 9.53 Å². The van der Waals surface area contributed by atoms with Gasteiger partial charge in [0, 0.05) is 18.5 Å². The minimum Gasteiger partial charge on any atom is -0.495 e. The smallest absolute Gasteiger partial charge is 0.267 e. The SMILES string of the molecule is COc1cc(-c2ccccc2)sc1C(=O)N(C)CC(C)(C)CN.Cl. The number of hydrogen-bond acceptors (Lipinski definition) is 4. The first-order valence-electron chi connectivity index (χ1n) is 7.57. The summed E-state index contributed by atoms with van der Waals surface area (Å²) in [6.07, 6.45) is 0. The van der Waals surface area contributed by atoms with Gasteiger partial charge in [-0.05, 0) is 23.6 Å². The lowest BCUT2D eigenvalue weighted by molar-refractivity contribution is 0.0742. The molecule has 4 nitrogen and oxygen atoms in total. The second kappa shape index (κ2) is 8.51. The van der Waals surface area contributed by atoms with Gasteiger partial charge in [0.1, 0.15) is 10.6 Å². The quantitative estimate of drug-likeness (QED) is 0.841. The zero-order chi connectivity index (χ0) is 17.0. The molecule has 0 radical (unpaired) electrons. The second-order valence-corrected chi connectivity index (χ2v) is 7.46. The van der Waals surface area contributed by atoms with Crippen molar-refractivity contribution in [1.82, 2.24) is 4.90 Å². The average molecular weight is 369 g/mol. The van der Waals surface area contributed by atoms with Gasteiger partial charge in [-0.15, -0.1) is 23.7 Å². The molecule has 1 heterocycles. The standard InChI is InChI=1S/C18H24N2O2S.ClH/c1-18(2,11-19)12-20(3)17(21)16-14(22-4)10-15(23-16)13-8-6-5-7-9-13;/h5-10H,11-12,19H2,1-4H3;1H. The number of amides is 1. The number of halogens is 1. The maximum absolute atomic E-state index is 12.8. The van der Waals surface area contributed by atoms with E-state index in [2.05, 4.69) is 13.8 Å². The zero-order valence-corrected chi connectivity index (χ0v) is 16.2. The van der Waals surface area contributed by atoms with Gasteiger partial charge in [-0.3, -0.25) is 4.79 Å². The van der Waals surface area contributed by atoms with Crippen molar-refractivity contribution in [3.05, 3.63) is 41.3 Å². The molecule has 1 aromatic carbocycles. The Morgan fingerprint density at radius 2 is 1.92 bits per heavy atom. The van der Waals surface area contributed by atoms with Gasteiger partial charge in [-0.2, -0.15) is 0 Å². The fourth-order valence-electron chi connectivity index (χ4n) is 2.37. The summed E-state index contributed by atoms with van der Waals surface area (Å²) in [6.45, 7) is 5.24. The minimum atomic E-state index is -0.114. The molecule has 0 aliphatic rings. The molecule has 24 heavy (non-hydrogen) atoms. The Balaban J connectivity index is 0.00000288. The van der Waals surface area contributed by atoms with E-state index in [1.54, 1.807) is 19.1 Å². The van der Waals surface area contributed by atoms with E-state index in [1.807, 2.05) is 36.4 Å². The van der Waals surface area contributed by atoms with Gasteiger partial charge in [0.15, 0.2) is 0 Å². The van der Waals surface area contributed by atoms with Gasteiger partial charge in [0.05, 0.1) is 7.11 Å². The molecule has 0 unspecified atom stereocenters. The zero-order valence-electron chi connectivity index (χ0n) is 14.5. The molecule has 6 heteroatoms. The number of carbonyl (C=O) groups is 1. The summed E-state index contributed by atoms with van der Waals surface area (Å²) in [5.41, 5.74) is 6.74. The molecule has 0 fully saturated rings. The Morgan fingerprint density at radius 1 is 1.29 bits per heavy atom. The predicted molar refractivity (Wildman–Crippen MR) is 103 cm³/mol. The lowest BCUT2D eigenvalue weighted by Crippen LogP contribution is -2.39. The highest BCUT2D eigenvalue weighted by Crippen LogP contribution is 2.37. The molecule has 0 aliphatic heterocycles. The predicted octanol–water partition coefficient (Wildman–Crippen LogP) is 3.90. The number of nitrogens with zero attached hydrogens (tertiary/aromatic N) is 1. The van der Waals surface area contributed by atoms with Crippen molar-refractivity contribution in [3.8, 4) is 16.2 Å². The molecule has 0 bridgehead atoms. The van der Waals surface area contributed by atoms with Gasteiger partial charge in [0.25, 0.3) is 5.91 Å². The van der Waals surface area contributed by atoms with Gasteiger partial charge in [0.2, 0.25) is 0 Å². The Bertz CT molecular complexity index is 671. The molecule has 1 aromatic heterocycles. The summed E-state index contributed by atoms with van der Waals surface area (Å²) < 4.78 is 5.41. The first-order valence-corrected chi connectivity index (χ1v) is 8.38. The van der Waals surface area contributed by atoms with E-state index in [-0.39, 0.29) is 23.7 Å². The Kier molecular flexibility index (Phi) is 7.27. The Labute approximate surface area is 154 Å². The lowest BCUT2D eigenvalue weighted by Gasteiger charge is -2.28. The highest BCUT2D eigenvalue weighted by Gasteiger charge is 2.25. The molecule has 0 spiro atoms. The summed E-state index contributed by atoms with van der Waals surface area (Å²) in [5.74, 6) is 0.590. The van der Waals surface area contributed by atoms with Crippen LogP contribution in [0.5, 0.6) is 5.75 Å². The maximum Gasteiger partial charge on any atom is 0.267 e. The molecular formula is C18H25ClN2O2S. The molecule has 0 aliphatic carbocycles. The molecule has 2 aromatic rings. The Morgan fingerprint density at radius 3 is 2.46 bits per heavy atom. The number of benzene rings is 1. The monoisotopic (exact) mass is 368 g/mol. The second-order valence-electron chi connectivity index (χ2n) is 6.40. The van der Waals surface area contributed by atoms with E-state index in [4.69, 9.17) is 10.5 Å². The molecule has 0 saturated carbocycles. The molecular weight excluding hydrogens is 344 g/mol. The van der Waals surface area contributed by atoms with Gasteiger partial charge < -0.3 is 15.4 Å². The van der Waals surface area contributed by atoms with E-state index >= 15 is 0 Å². The summed E-state index contributed by atoms with van der Waals surface area (Å²) in [5, 5.41) is 0. The Hall–Kier alpha value is -1.56. The van der Waals surface area contributed by atoms with Gasteiger partial charge >= 0.3 is 0 Å². The van der Waals surface area contributed by atoms with Crippen LogP contribution in [0.2, 0.25) is 0 Å². The normalized spacial score (nSPS) is 10.9. The number of thiophene rings is 1. The third-order valence-electron chi connectivity index (χ3n) is 3.73. The van der Waals surface area contributed by atoms with Gasteiger partial charge in [-0.1, -0.05) is 44.2 Å². The van der Waals surface area contributed by atoms with Crippen LogP contribution >= 0.6 is 23.7 Å². The van der Waals surface area contributed by atoms with Crippen LogP contribution in [0, 0.1) is 5.41 Å². The average Bonchev–Trinajstić information content (AvgIpc) is 2.98. The van der Waals surface area contributed by atoms with Crippen molar-refractivity contribution in [2.75, 3.05) is 27.2 Å². The third kappa shape index (κ3) is 4.72. The number of ether oxygens (including phenoxy) is 1. The molecule has 2 rings (SSSR count). The van der Waals surface area contributed by atoms with Crippen molar-refractivity contribution in [3.63, 3.8) is 0 Å². The van der Waals surface area contributed by atoms with E-state index < -0.39 is 0 Å².